The van der Waals surface area contributed by atoms with Gasteiger partial charge in [-0.15, -0.1) is 0 Å². The number of hydrogen-bond acceptors (Lipinski definition) is 2. The van der Waals surface area contributed by atoms with Crippen LogP contribution in [0.25, 0.3) is 0 Å². The summed E-state index contributed by atoms with van der Waals surface area (Å²) in [6.07, 6.45) is 1.97. The molecule has 1 aromatic rings. The topological polar surface area (TPSA) is 40.5 Å². The maximum Gasteiger partial charge on any atom is 0.161 e. The second kappa shape index (κ2) is 4.51. The molecule has 3 heteroatoms. The lowest BCUT2D eigenvalue weighted by atomic mass is 10.1. The van der Waals surface area contributed by atoms with E-state index in [1.807, 2.05) is 6.07 Å². The molecule has 13 heavy (non-hydrogen) atoms. The van der Waals surface area contributed by atoms with E-state index in [1.165, 1.54) is 6.07 Å². The third-order valence-electron chi connectivity index (χ3n) is 1.93. The summed E-state index contributed by atoms with van der Waals surface area (Å²) < 4.78 is 0. The van der Waals surface area contributed by atoms with Crippen molar-refractivity contribution in [1.29, 1.82) is 0 Å². The molecule has 0 aromatic heterocycles. The van der Waals surface area contributed by atoms with Gasteiger partial charge in [0.15, 0.2) is 11.5 Å². The minimum Gasteiger partial charge on any atom is -0.504 e. The summed E-state index contributed by atoms with van der Waals surface area (Å²) in [5.41, 5.74) is 0.752. The highest BCUT2D eigenvalue weighted by Gasteiger charge is 2.13. The van der Waals surface area contributed by atoms with Crippen molar-refractivity contribution in [1.82, 2.24) is 0 Å². The first-order valence-corrected chi connectivity index (χ1v) is 5.23. The van der Waals surface area contributed by atoms with Crippen LogP contribution in [0, 0.1) is 0 Å². The lowest BCUT2D eigenvalue weighted by Crippen LogP contribution is -1.89. The van der Waals surface area contributed by atoms with Gasteiger partial charge in [0.1, 0.15) is 0 Å². The molecule has 2 N–H and O–H groups in total. The third kappa shape index (κ3) is 2.37. The van der Waals surface area contributed by atoms with Gasteiger partial charge >= 0.3 is 0 Å². The van der Waals surface area contributed by atoms with Crippen molar-refractivity contribution in [3.8, 4) is 11.5 Å². The number of halogens is 1. The number of phenolic OH excluding ortho intramolecular Hbond substituents is 2. The lowest BCUT2D eigenvalue weighted by Gasteiger charge is -2.11. The zero-order valence-corrected chi connectivity index (χ0v) is 9.08. The number of phenols is 2. The van der Waals surface area contributed by atoms with Crippen LogP contribution in [-0.4, -0.2) is 10.2 Å². The van der Waals surface area contributed by atoms with Crippen LogP contribution in [0.2, 0.25) is 0 Å². The van der Waals surface area contributed by atoms with Crippen molar-refractivity contribution < 1.29 is 10.2 Å². The van der Waals surface area contributed by atoms with Crippen LogP contribution in [0.1, 0.15) is 30.2 Å². The fraction of sp³-hybridized carbons (Fsp3) is 0.400. The fourth-order valence-corrected chi connectivity index (χ4v) is 2.04. The Labute approximate surface area is 86.3 Å². The van der Waals surface area contributed by atoms with Crippen LogP contribution >= 0.6 is 15.9 Å². The van der Waals surface area contributed by atoms with Gasteiger partial charge in [-0.05, 0) is 12.5 Å². The minimum atomic E-state index is -0.0574. The maximum absolute atomic E-state index is 9.51. The Morgan fingerprint density at radius 2 is 2.08 bits per heavy atom. The predicted molar refractivity (Wildman–Crippen MR) is 56.3 cm³/mol. The average molecular weight is 245 g/mol. The van der Waals surface area contributed by atoms with Gasteiger partial charge in [0, 0.05) is 10.4 Å². The van der Waals surface area contributed by atoms with E-state index in [2.05, 4.69) is 22.9 Å². The molecule has 1 unspecified atom stereocenters. The van der Waals surface area contributed by atoms with E-state index in [9.17, 15) is 10.2 Å². The minimum absolute atomic E-state index is 0.0159. The van der Waals surface area contributed by atoms with Crippen molar-refractivity contribution in [3.05, 3.63) is 23.8 Å². The van der Waals surface area contributed by atoms with Crippen molar-refractivity contribution in [2.45, 2.75) is 24.6 Å². The van der Waals surface area contributed by atoms with E-state index in [4.69, 9.17) is 0 Å². The predicted octanol–water partition coefficient (Wildman–Crippen LogP) is 3.33. The summed E-state index contributed by atoms with van der Waals surface area (Å²) in [4.78, 5) is 0.115. The smallest absolute Gasteiger partial charge is 0.161 e. The summed E-state index contributed by atoms with van der Waals surface area (Å²) in [5, 5.41) is 18.8. The van der Waals surface area contributed by atoms with Gasteiger partial charge in [-0.25, -0.2) is 0 Å². The van der Waals surface area contributed by atoms with E-state index in [0.29, 0.717) is 0 Å². The lowest BCUT2D eigenvalue weighted by molar-refractivity contribution is 0.398. The van der Waals surface area contributed by atoms with Crippen molar-refractivity contribution in [2.75, 3.05) is 0 Å². The largest absolute Gasteiger partial charge is 0.504 e. The first-order valence-electron chi connectivity index (χ1n) is 4.31. The standard InChI is InChI=1S/C10H13BrO2/c1-2-4-8(11)7-5-3-6-9(12)10(7)13/h3,5-6,8,12-13H,2,4H2,1H3. The molecule has 0 saturated carbocycles. The second-order valence-corrected chi connectivity index (χ2v) is 4.08. The van der Waals surface area contributed by atoms with Crippen LogP contribution in [0.4, 0.5) is 0 Å². The molecule has 0 heterocycles. The molecule has 0 aliphatic carbocycles. The molecule has 0 fully saturated rings. The third-order valence-corrected chi connectivity index (χ3v) is 2.88. The van der Waals surface area contributed by atoms with Gasteiger partial charge in [0.2, 0.25) is 0 Å². The van der Waals surface area contributed by atoms with Crippen molar-refractivity contribution in [3.63, 3.8) is 0 Å². The number of alkyl halides is 1. The highest BCUT2D eigenvalue weighted by Crippen LogP contribution is 2.38. The quantitative estimate of drug-likeness (QED) is 0.633. The van der Waals surface area contributed by atoms with Gasteiger partial charge in [-0.1, -0.05) is 41.4 Å². The monoisotopic (exact) mass is 244 g/mol. The first kappa shape index (κ1) is 10.4. The second-order valence-electron chi connectivity index (χ2n) is 2.97. The van der Waals surface area contributed by atoms with E-state index < -0.39 is 0 Å². The Bertz CT molecular complexity index is 286. The molecular weight excluding hydrogens is 232 g/mol. The molecule has 0 aliphatic rings. The van der Waals surface area contributed by atoms with E-state index >= 15 is 0 Å². The summed E-state index contributed by atoms with van der Waals surface area (Å²) in [6, 6.07) is 5.02. The van der Waals surface area contributed by atoms with Crippen molar-refractivity contribution in [2.24, 2.45) is 0 Å². The van der Waals surface area contributed by atoms with Crippen LogP contribution < -0.4 is 0 Å². The molecular formula is C10H13BrO2. The van der Waals surface area contributed by atoms with Gasteiger partial charge in [-0.3, -0.25) is 0 Å². The fourth-order valence-electron chi connectivity index (χ4n) is 1.21. The Morgan fingerprint density at radius 1 is 1.38 bits per heavy atom. The molecule has 0 saturated heterocycles. The number of rotatable bonds is 3. The van der Waals surface area contributed by atoms with E-state index in [1.54, 1.807) is 6.07 Å². The maximum atomic E-state index is 9.51. The average Bonchev–Trinajstić information content (AvgIpc) is 2.10. The molecule has 1 atom stereocenters. The Kier molecular flexibility index (Phi) is 3.60. The molecule has 0 radical (unpaired) electrons. The molecule has 1 rings (SSSR count). The number of benzene rings is 1. The zero-order chi connectivity index (χ0) is 9.84. The van der Waals surface area contributed by atoms with Gasteiger partial charge < -0.3 is 10.2 Å². The summed E-state index contributed by atoms with van der Waals surface area (Å²) in [6.45, 7) is 2.08. The highest BCUT2D eigenvalue weighted by atomic mass is 79.9. The molecule has 0 bridgehead atoms. The van der Waals surface area contributed by atoms with Crippen LogP contribution in [0.5, 0.6) is 11.5 Å². The van der Waals surface area contributed by atoms with E-state index in [-0.39, 0.29) is 16.3 Å². The van der Waals surface area contributed by atoms with E-state index in [0.717, 1.165) is 18.4 Å². The molecule has 0 spiro atoms. The highest BCUT2D eigenvalue weighted by molar-refractivity contribution is 9.09. The molecule has 72 valence electrons. The van der Waals surface area contributed by atoms with Crippen LogP contribution in [-0.2, 0) is 0 Å². The summed E-state index contributed by atoms with van der Waals surface area (Å²) >= 11 is 3.46. The van der Waals surface area contributed by atoms with Gasteiger partial charge in [0.25, 0.3) is 0 Å². The SMILES string of the molecule is CCCC(Br)c1cccc(O)c1O. The molecule has 2 nitrogen and oxygen atoms in total. The molecule has 1 aromatic carbocycles. The van der Waals surface area contributed by atoms with Crippen molar-refractivity contribution >= 4 is 15.9 Å². The number of aromatic hydroxyl groups is 2. The number of hydrogen-bond donors (Lipinski definition) is 2. The van der Waals surface area contributed by atoms with Crippen LogP contribution in [0.15, 0.2) is 18.2 Å². The number of para-hydroxylation sites is 1. The summed E-state index contributed by atoms with van der Waals surface area (Å²) in [7, 11) is 0. The van der Waals surface area contributed by atoms with Crippen LogP contribution in [0.3, 0.4) is 0 Å². The molecule has 0 aliphatic heterocycles. The first-order chi connectivity index (χ1) is 6.16. The Morgan fingerprint density at radius 3 is 2.69 bits per heavy atom. The van der Waals surface area contributed by atoms with Gasteiger partial charge in [-0.2, -0.15) is 0 Å². The Hall–Kier alpha value is -0.700. The zero-order valence-electron chi connectivity index (χ0n) is 7.50. The van der Waals surface area contributed by atoms with Gasteiger partial charge in [0.05, 0.1) is 0 Å². The molecule has 0 amide bonds. The Balaban J connectivity index is 2.93. The normalized spacial score (nSPS) is 12.8. The summed E-state index contributed by atoms with van der Waals surface area (Å²) in [5.74, 6) is -0.0733.